The average molecular weight is 239 g/mol. The van der Waals surface area contributed by atoms with Gasteiger partial charge in [-0.15, -0.1) is 5.10 Å². The fraction of sp³-hybridized carbons (Fsp3) is 0. The minimum absolute atomic E-state index is 0.120. The molecule has 1 aromatic heterocycles. The first-order valence-electron chi connectivity index (χ1n) is 2.01. The molecule has 9 heavy (non-hydrogen) atoms. The first kappa shape index (κ1) is 6.46. The zero-order valence-corrected chi connectivity index (χ0v) is 6.32. The van der Waals surface area contributed by atoms with Gasteiger partial charge in [0.25, 0.3) is 3.91 Å². The van der Waals surface area contributed by atoms with E-state index in [0.29, 0.717) is 0 Å². The summed E-state index contributed by atoms with van der Waals surface area (Å²) in [5, 5.41) is 9.04. The third-order valence-corrected chi connectivity index (χ3v) is 0.835. The molecule has 0 fully saturated rings. The second-order valence-electron chi connectivity index (χ2n) is 1.14. The molecule has 6 heteroatoms. The Labute approximate surface area is 64.0 Å². The van der Waals surface area contributed by atoms with Gasteiger partial charge in [-0.1, -0.05) is 5.10 Å². The van der Waals surface area contributed by atoms with Crippen LogP contribution in [0.3, 0.4) is 0 Å². The van der Waals surface area contributed by atoms with Gasteiger partial charge < -0.3 is 4.42 Å². The van der Waals surface area contributed by atoms with Crippen molar-refractivity contribution in [1.29, 1.82) is 0 Å². The molecule has 0 aromatic carbocycles. The molecule has 1 N–H and O–H groups in total. The van der Waals surface area contributed by atoms with Crippen LogP contribution < -0.4 is 5.32 Å². The van der Waals surface area contributed by atoms with Crippen molar-refractivity contribution in [1.82, 2.24) is 10.2 Å². The zero-order chi connectivity index (χ0) is 6.69. The quantitative estimate of drug-likeness (QED) is 0.451. The van der Waals surface area contributed by atoms with E-state index in [1.54, 1.807) is 22.6 Å². The SMILES string of the molecule is O=C(I)Nc1nnco1. The summed E-state index contributed by atoms with van der Waals surface area (Å²) in [6.45, 7) is 0. The zero-order valence-electron chi connectivity index (χ0n) is 4.17. The third kappa shape index (κ3) is 1.96. The molecule has 1 heterocycles. The first-order chi connectivity index (χ1) is 4.29. The summed E-state index contributed by atoms with van der Waals surface area (Å²) in [4.78, 5) is 10.3. The van der Waals surface area contributed by atoms with Gasteiger partial charge in [0.2, 0.25) is 6.39 Å². The molecule has 0 saturated heterocycles. The van der Waals surface area contributed by atoms with Crippen LogP contribution in [0.15, 0.2) is 10.8 Å². The largest absolute Gasteiger partial charge is 0.411 e. The van der Waals surface area contributed by atoms with E-state index in [4.69, 9.17) is 0 Å². The number of nitrogens with one attached hydrogen (secondary N) is 1. The number of carbonyl (C=O) groups is 1. The molecule has 0 radical (unpaired) electrons. The molecular weight excluding hydrogens is 237 g/mol. The predicted molar refractivity (Wildman–Crippen MR) is 37.3 cm³/mol. The molecule has 0 saturated carbocycles. The summed E-state index contributed by atoms with van der Waals surface area (Å²) in [5.41, 5.74) is 0. The van der Waals surface area contributed by atoms with Crippen molar-refractivity contribution in [3.8, 4) is 0 Å². The van der Waals surface area contributed by atoms with Crippen LogP contribution in [-0.4, -0.2) is 14.1 Å². The Morgan fingerprint density at radius 1 is 1.89 bits per heavy atom. The van der Waals surface area contributed by atoms with E-state index in [-0.39, 0.29) is 9.93 Å². The van der Waals surface area contributed by atoms with Crippen molar-refractivity contribution in [3.05, 3.63) is 6.39 Å². The van der Waals surface area contributed by atoms with Crippen LogP contribution in [0.4, 0.5) is 10.8 Å². The van der Waals surface area contributed by atoms with Crippen LogP contribution in [-0.2, 0) is 0 Å². The number of aromatic nitrogens is 2. The van der Waals surface area contributed by atoms with Gasteiger partial charge in [0.15, 0.2) is 0 Å². The maximum atomic E-state index is 10.3. The summed E-state index contributed by atoms with van der Waals surface area (Å²) < 4.78 is 4.33. The Morgan fingerprint density at radius 3 is 3.11 bits per heavy atom. The van der Waals surface area contributed by atoms with Crippen LogP contribution in [0, 0.1) is 0 Å². The summed E-state index contributed by atoms with van der Waals surface area (Å²) in [7, 11) is 0. The highest BCUT2D eigenvalue weighted by atomic mass is 127. The van der Waals surface area contributed by atoms with Crippen molar-refractivity contribution in [3.63, 3.8) is 0 Å². The molecular formula is C3H2IN3O2. The van der Waals surface area contributed by atoms with E-state index in [2.05, 4.69) is 19.9 Å². The molecule has 0 unspecified atom stereocenters. The van der Waals surface area contributed by atoms with Crippen molar-refractivity contribution >= 4 is 32.5 Å². The molecule has 48 valence electrons. The molecule has 0 atom stereocenters. The molecule has 0 aliphatic heterocycles. The maximum absolute atomic E-state index is 10.3. The van der Waals surface area contributed by atoms with Gasteiger partial charge >= 0.3 is 6.01 Å². The second-order valence-corrected chi connectivity index (χ2v) is 2.12. The molecule has 1 aromatic rings. The summed E-state index contributed by atoms with van der Waals surface area (Å²) in [6, 6.07) is 0.120. The van der Waals surface area contributed by atoms with Crippen LogP contribution in [0.2, 0.25) is 0 Å². The van der Waals surface area contributed by atoms with Crippen LogP contribution in [0.5, 0.6) is 0 Å². The van der Waals surface area contributed by atoms with E-state index in [1.165, 1.54) is 0 Å². The van der Waals surface area contributed by atoms with Crippen LogP contribution in [0.25, 0.3) is 0 Å². The van der Waals surface area contributed by atoms with Crippen molar-refractivity contribution < 1.29 is 9.21 Å². The smallest absolute Gasteiger partial charge is 0.322 e. The number of halogens is 1. The lowest BCUT2D eigenvalue weighted by atomic mass is 11.1. The number of hydrogen-bond acceptors (Lipinski definition) is 4. The number of carbonyl (C=O) groups excluding carboxylic acids is 1. The van der Waals surface area contributed by atoms with Gasteiger partial charge in [0.1, 0.15) is 0 Å². The monoisotopic (exact) mass is 239 g/mol. The van der Waals surface area contributed by atoms with Crippen molar-refractivity contribution in [2.45, 2.75) is 0 Å². The Balaban J connectivity index is 2.58. The van der Waals surface area contributed by atoms with E-state index in [9.17, 15) is 4.79 Å². The van der Waals surface area contributed by atoms with E-state index >= 15 is 0 Å². The lowest BCUT2D eigenvalue weighted by molar-refractivity contribution is 0.271. The standard InChI is InChI=1S/C3H2IN3O2/c4-2(8)6-3-7-5-1-9-3/h1H,(H,6,7,8). The lowest BCUT2D eigenvalue weighted by Gasteiger charge is -1.86. The van der Waals surface area contributed by atoms with Gasteiger partial charge in [-0.2, -0.15) is 0 Å². The Morgan fingerprint density at radius 2 is 2.67 bits per heavy atom. The fourth-order valence-electron chi connectivity index (χ4n) is 0.312. The fourth-order valence-corrected chi connectivity index (χ4v) is 0.542. The minimum atomic E-state index is -0.253. The normalized spacial score (nSPS) is 9.00. The Hall–Kier alpha value is -0.660. The molecule has 0 aliphatic rings. The Kier molecular flexibility index (Phi) is 1.98. The number of anilines is 1. The van der Waals surface area contributed by atoms with Gasteiger partial charge in [-0.05, 0) is 0 Å². The topological polar surface area (TPSA) is 68.0 Å². The van der Waals surface area contributed by atoms with Gasteiger partial charge in [-0.25, -0.2) is 0 Å². The number of hydrogen-bond donors (Lipinski definition) is 1. The van der Waals surface area contributed by atoms with Crippen LogP contribution >= 0.6 is 22.6 Å². The molecule has 1 amide bonds. The average Bonchev–Trinajstić information content (AvgIpc) is 2.15. The highest BCUT2D eigenvalue weighted by molar-refractivity contribution is 14.1. The highest BCUT2D eigenvalue weighted by Crippen LogP contribution is 2.00. The summed E-state index contributed by atoms with van der Waals surface area (Å²) in [5.74, 6) is 0. The summed E-state index contributed by atoms with van der Waals surface area (Å²) in [6.07, 6.45) is 1.14. The predicted octanol–water partition coefficient (Wildman–Crippen LogP) is 1.04. The molecule has 0 spiro atoms. The van der Waals surface area contributed by atoms with E-state index < -0.39 is 0 Å². The second kappa shape index (κ2) is 2.76. The summed E-state index contributed by atoms with van der Waals surface area (Å²) >= 11 is 1.57. The minimum Gasteiger partial charge on any atom is -0.411 e. The third-order valence-electron chi connectivity index (χ3n) is 0.565. The molecule has 1 rings (SSSR count). The Bertz CT molecular complexity index is 197. The van der Waals surface area contributed by atoms with E-state index in [1.807, 2.05) is 0 Å². The number of amides is 1. The molecule has 0 bridgehead atoms. The van der Waals surface area contributed by atoms with E-state index in [0.717, 1.165) is 6.39 Å². The van der Waals surface area contributed by atoms with Gasteiger partial charge in [0, 0.05) is 22.6 Å². The number of rotatable bonds is 1. The van der Waals surface area contributed by atoms with Gasteiger partial charge in [-0.3, -0.25) is 10.1 Å². The first-order valence-corrected chi connectivity index (χ1v) is 3.09. The highest BCUT2D eigenvalue weighted by Gasteiger charge is 1.98. The van der Waals surface area contributed by atoms with Crippen molar-refractivity contribution in [2.75, 3.05) is 5.32 Å². The molecule has 5 nitrogen and oxygen atoms in total. The van der Waals surface area contributed by atoms with Crippen LogP contribution in [0.1, 0.15) is 0 Å². The van der Waals surface area contributed by atoms with Crippen molar-refractivity contribution in [2.24, 2.45) is 0 Å². The molecule has 0 aliphatic carbocycles. The lowest BCUT2D eigenvalue weighted by Crippen LogP contribution is -1.99. The van der Waals surface area contributed by atoms with Gasteiger partial charge in [0.05, 0.1) is 0 Å². The maximum Gasteiger partial charge on any atom is 0.322 e. The number of nitrogens with zero attached hydrogens (tertiary/aromatic N) is 2.